The highest BCUT2D eigenvalue weighted by Gasteiger charge is 2.08. The molecule has 0 N–H and O–H groups in total. The summed E-state index contributed by atoms with van der Waals surface area (Å²) in [6, 6.07) is 14.4. The Morgan fingerprint density at radius 2 is 1.78 bits per heavy atom. The van der Waals surface area contributed by atoms with E-state index in [1.807, 2.05) is 32.0 Å². The first-order chi connectivity index (χ1) is 12.9. The molecule has 138 valence electrons. The van der Waals surface area contributed by atoms with Crippen molar-refractivity contribution in [3.8, 4) is 5.75 Å². The van der Waals surface area contributed by atoms with Crippen LogP contribution in [0.4, 0.5) is 0 Å². The van der Waals surface area contributed by atoms with Crippen molar-refractivity contribution in [1.82, 2.24) is 0 Å². The standard InChI is InChI=1S/C22H18Cl2O3/c1-14-9-15(2)11-19(10-14)26-13-18-5-4-17(27-18)6-8-22(25)20-7-3-16(23)12-21(20)24/h3-12H,13H2,1-2H3/b8-6+. The van der Waals surface area contributed by atoms with Crippen LogP contribution in [-0.4, -0.2) is 5.78 Å². The van der Waals surface area contributed by atoms with Crippen molar-refractivity contribution in [1.29, 1.82) is 0 Å². The molecule has 0 saturated heterocycles. The molecule has 0 aliphatic carbocycles. The highest BCUT2D eigenvalue weighted by atomic mass is 35.5. The Bertz CT molecular complexity index is 982. The molecule has 0 spiro atoms. The number of benzene rings is 2. The van der Waals surface area contributed by atoms with Crippen LogP contribution < -0.4 is 4.74 Å². The van der Waals surface area contributed by atoms with Gasteiger partial charge < -0.3 is 9.15 Å². The number of carbonyl (C=O) groups excluding carboxylic acids is 1. The zero-order chi connectivity index (χ0) is 19.4. The van der Waals surface area contributed by atoms with Crippen molar-refractivity contribution in [3.63, 3.8) is 0 Å². The van der Waals surface area contributed by atoms with Gasteiger partial charge in [0.2, 0.25) is 0 Å². The number of carbonyl (C=O) groups is 1. The van der Waals surface area contributed by atoms with Gasteiger partial charge in [-0.15, -0.1) is 0 Å². The van der Waals surface area contributed by atoms with E-state index in [4.69, 9.17) is 32.4 Å². The summed E-state index contributed by atoms with van der Waals surface area (Å²) in [6.07, 6.45) is 3.02. The van der Waals surface area contributed by atoms with Gasteiger partial charge in [0.05, 0.1) is 5.02 Å². The molecule has 0 atom stereocenters. The van der Waals surface area contributed by atoms with Crippen LogP contribution in [0.1, 0.15) is 33.0 Å². The molecule has 0 radical (unpaired) electrons. The van der Waals surface area contributed by atoms with Crippen molar-refractivity contribution in [2.45, 2.75) is 20.5 Å². The number of ether oxygens (including phenoxy) is 1. The third kappa shape index (κ3) is 5.25. The average molecular weight is 401 g/mol. The number of furan rings is 1. The van der Waals surface area contributed by atoms with E-state index in [9.17, 15) is 4.79 Å². The summed E-state index contributed by atoms with van der Waals surface area (Å²) in [5, 5.41) is 0.805. The van der Waals surface area contributed by atoms with Crippen LogP contribution in [0.25, 0.3) is 6.08 Å². The second-order valence-corrected chi connectivity index (χ2v) is 7.08. The molecule has 0 saturated carbocycles. The molecule has 2 aromatic carbocycles. The number of halogens is 2. The van der Waals surface area contributed by atoms with Gasteiger partial charge in [0.15, 0.2) is 5.78 Å². The van der Waals surface area contributed by atoms with Gasteiger partial charge in [-0.2, -0.15) is 0 Å². The molecule has 1 heterocycles. The summed E-state index contributed by atoms with van der Waals surface area (Å²) >= 11 is 11.9. The predicted octanol–water partition coefficient (Wildman–Crippen LogP) is 6.68. The molecule has 0 unspecified atom stereocenters. The van der Waals surface area contributed by atoms with E-state index in [0.717, 1.165) is 16.9 Å². The molecule has 0 fully saturated rings. The first-order valence-electron chi connectivity index (χ1n) is 8.38. The number of rotatable bonds is 6. The lowest BCUT2D eigenvalue weighted by molar-refractivity contribution is 0.104. The van der Waals surface area contributed by atoms with Crippen molar-refractivity contribution >= 4 is 35.1 Å². The van der Waals surface area contributed by atoms with Crippen LogP contribution in [0.5, 0.6) is 5.75 Å². The van der Waals surface area contributed by atoms with Crippen LogP contribution in [0.2, 0.25) is 10.0 Å². The van der Waals surface area contributed by atoms with E-state index in [-0.39, 0.29) is 5.78 Å². The van der Waals surface area contributed by atoms with E-state index in [1.54, 1.807) is 30.3 Å². The zero-order valence-electron chi connectivity index (χ0n) is 15.0. The Balaban J connectivity index is 1.63. The minimum Gasteiger partial charge on any atom is -0.486 e. The Labute approximate surface area is 168 Å². The number of hydrogen-bond acceptors (Lipinski definition) is 3. The molecule has 3 rings (SSSR count). The van der Waals surface area contributed by atoms with Gasteiger partial charge in [0.25, 0.3) is 0 Å². The largest absolute Gasteiger partial charge is 0.486 e. The van der Waals surface area contributed by atoms with Crippen LogP contribution in [0, 0.1) is 13.8 Å². The first kappa shape index (κ1) is 19.3. The van der Waals surface area contributed by atoms with Crippen LogP contribution >= 0.6 is 23.2 Å². The quantitative estimate of drug-likeness (QED) is 0.342. The van der Waals surface area contributed by atoms with Crippen LogP contribution in [-0.2, 0) is 6.61 Å². The first-order valence-corrected chi connectivity index (χ1v) is 9.13. The average Bonchev–Trinajstić information content (AvgIpc) is 3.05. The second kappa shape index (κ2) is 8.47. The molecule has 3 aromatic rings. The fraction of sp³-hybridized carbons (Fsp3) is 0.136. The maximum Gasteiger partial charge on any atom is 0.187 e. The fourth-order valence-corrected chi connectivity index (χ4v) is 3.17. The van der Waals surface area contributed by atoms with Crippen LogP contribution in [0.15, 0.2) is 59.0 Å². The third-order valence-electron chi connectivity index (χ3n) is 3.85. The van der Waals surface area contributed by atoms with Crippen molar-refractivity contribution < 1.29 is 13.9 Å². The molecule has 5 heteroatoms. The molecule has 3 nitrogen and oxygen atoms in total. The molecular formula is C22H18Cl2O3. The van der Waals surface area contributed by atoms with E-state index in [0.29, 0.717) is 33.7 Å². The lowest BCUT2D eigenvalue weighted by Crippen LogP contribution is -1.95. The minimum absolute atomic E-state index is 0.221. The van der Waals surface area contributed by atoms with Gasteiger partial charge in [-0.3, -0.25) is 4.79 Å². The molecular weight excluding hydrogens is 383 g/mol. The lowest BCUT2D eigenvalue weighted by Gasteiger charge is -2.06. The highest BCUT2D eigenvalue weighted by Crippen LogP contribution is 2.22. The fourth-order valence-electron chi connectivity index (χ4n) is 2.67. The molecule has 0 aliphatic heterocycles. The lowest BCUT2D eigenvalue weighted by atomic mass is 10.1. The summed E-state index contributed by atoms with van der Waals surface area (Å²) in [7, 11) is 0. The van der Waals surface area contributed by atoms with Crippen molar-refractivity contribution in [2.75, 3.05) is 0 Å². The number of allylic oxidation sites excluding steroid dienone is 1. The molecule has 1 aromatic heterocycles. The topological polar surface area (TPSA) is 39.4 Å². The van der Waals surface area contributed by atoms with Gasteiger partial charge in [0.1, 0.15) is 23.9 Å². The van der Waals surface area contributed by atoms with E-state index in [1.165, 1.54) is 6.08 Å². The summed E-state index contributed by atoms with van der Waals surface area (Å²) in [5.74, 6) is 1.81. The molecule has 0 amide bonds. The summed E-state index contributed by atoms with van der Waals surface area (Å²) in [4.78, 5) is 12.3. The maximum atomic E-state index is 12.3. The number of ketones is 1. The van der Waals surface area contributed by atoms with Gasteiger partial charge in [-0.25, -0.2) is 0 Å². The van der Waals surface area contributed by atoms with Crippen molar-refractivity contribution in [2.24, 2.45) is 0 Å². The number of hydrogen-bond donors (Lipinski definition) is 0. The Morgan fingerprint density at radius 3 is 2.48 bits per heavy atom. The third-order valence-corrected chi connectivity index (χ3v) is 4.40. The Kier molecular flexibility index (Phi) is 6.04. The zero-order valence-corrected chi connectivity index (χ0v) is 16.5. The summed E-state index contributed by atoms with van der Waals surface area (Å²) in [5.41, 5.74) is 2.68. The van der Waals surface area contributed by atoms with Gasteiger partial charge >= 0.3 is 0 Å². The number of aryl methyl sites for hydroxylation is 2. The molecule has 0 bridgehead atoms. The predicted molar refractivity (Wildman–Crippen MR) is 109 cm³/mol. The second-order valence-electron chi connectivity index (χ2n) is 6.24. The van der Waals surface area contributed by atoms with E-state index < -0.39 is 0 Å². The van der Waals surface area contributed by atoms with E-state index in [2.05, 4.69) is 6.07 Å². The van der Waals surface area contributed by atoms with Crippen LogP contribution in [0.3, 0.4) is 0 Å². The highest BCUT2D eigenvalue weighted by molar-refractivity contribution is 6.37. The SMILES string of the molecule is Cc1cc(C)cc(OCc2ccc(/C=C/C(=O)c3ccc(Cl)cc3Cl)o2)c1. The monoisotopic (exact) mass is 400 g/mol. The van der Waals surface area contributed by atoms with E-state index >= 15 is 0 Å². The Hall–Kier alpha value is -2.49. The Morgan fingerprint density at radius 1 is 1.04 bits per heavy atom. The molecule has 0 aliphatic rings. The molecule has 27 heavy (non-hydrogen) atoms. The summed E-state index contributed by atoms with van der Waals surface area (Å²) in [6.45, 7) is 4.37. The normalized spacial score (nSPS) is 11.1. The van der Waals surface area contributed by atoms with Gasteiger partial charge in [0, 0.05) is 10.6 Å². The van der Waals surface area contributed by atoms with Gasteiger partial charge in [-0.1, -0.05) is 29.3 Å². The maximum absolute atomic E-state index is 12.3. The van der Waals surface area contributed by atoms with Gasteiger partial charge in [-0.05, 0) is 79.6 Å². The smallest absolute Gasteiger partial charge is 0.187 e. The van der Waals surface area contributed by atoms with Crippen molar-refractivity contribution in [3.05, 3.63) is 92.9 Å². The minimum atomic E-state index is -0.221. The summed E-state index contributed by atoms with van der Waals surface area (Å²) < 4.78 is 11.5.